The maximum atomic E-state index is 8.88. The molecule has 4 nitrogen and oxygen atoms in total. The van der Waals surface area contributed by atoms with Crippen LogP contribution in [0.15, 0.2) is 42.9 Å². The van der Waals surface area contributed by atoms with Crippen molar-refractivity contribution in [3.8, 4) is 6.07 Å². The lowest BCUT2D eigenvalue weighted by Crippen LogP contribution is -2.03. The molecule has 0 saturated carbocycles. The highest BCUT2D eigenvalue weighted by atomic mass is 14.9. The lowest BCUT2D eigenvalue weighted by molar-refractivity contribution is 1.04. The van der Waals surface area contributed by atoms with Gasteiger partial charge in [-0.05, 0) is 18.2 Å². The molecule has 0 unspecified atom stereocenters. The highest BCUT2D eigenvalue weighted by Gasteiger charge is 2.00. The van der Waals surface area contributed by atoms with E-state index in [1.54, 1.807) is 24.7 Å². The van der Waals surface area contributed by atoms with E-state index < -0.39 is 0 Å². The third kappa shape index (κ3) is 2.34. The maximum Gasteiger partial charge on any atom is 0.101 e. The largest absolute Gasteiger partial charge is 0.377 e. The monoisotopic (exact) mass is 210 g/mol. The lowest BCUT2D eigenvalue weighted by Gasteiger charge is -2.06. The van der Waals surface area contributed by atoms with Crippen LogP contribution in [0.5, 0.6) is 0 Å². The summed E-state index contributed by atoms with van der Waals surface area (Å²) in [7, 11) is 0. The first kappa shape index (κ1) is 10.1. The van der Waals surface area contributed by atoms with Gasteiger partial charge in [-0.2, -0.15) is 5.26 Å². The molecule has 0 spiro atoms. The average molecular weight is 210 g/mol. The Hall–Kier alpha value is -2.41. The molecule has 0 aromatic carbocycles. The van der Waals surface area contributed by atoms with E-state index in [4.69, 9.17) is 5.26 Å². The molecule has 0 fully saturated rings. The summed E-state index contributed by atoms with van der Waals surface area (Å²) in [5.41, 5.74) is 2.25. The molecule has 2 aromatic rings. The van der Waals surface area contributed by atoms with Crippen LogP contribution < -0.4 is 5.32 Å². The van der Waals surface area contributed by atoms with E-state index in [1.807, 2.05) is 18.2 Å². The zero-order valence-corrected chi connectivity index (χ0v) is 8.59. The van der Waals surface area contributed by atoms with Crippen LogP contribution in [-0.2, 0) is 6.54 Å². The third-order valence-electron chi connectivity index (χ3n) is 2.13. The molecule has 78 valence electrons. The molecule has 0 radical (unpaired) electrons. The number of nitrogens with zero attached hydrogens (tertiary/aromatic N) is 3. The number of nitriles is 1. The van der Waals surface area contributed by atoms with Gasteiger partial charge in [-0.25, -0.2) is 0 Å². The summed E-state index contributed by atoms with van der Waals surface area (Å²) in [6.45, 7) is 0.585. The van der Waals surface area contributed by atoms with E-state index in [0.29, 0.717) is 12.1 Å². The Kier molecular flexibility index (Phi) is 3.10. The SMILES string of the molecule is N#Cc1ccncc1NCc1ccccn1. The van der Waals surface area contributed by atoms with Gasteiger partial charge in [-0.3, -0.25) is 9.97 Å². The fourth-order valence-electron chi connectivity index (χ4n) is 1.32. The second-order valence-electron chi connectivity index (χ2n) is 3.21. The van der Waals surface area contributed by atoms with Crippen LogP contribution in [0.25, 0.3) is 0 Å². The van der Waals surface area contributed by atoms with Gasteiger partial charge in [0.2, 0.25) is 0 Å². The zero-order valence-electron chi connectivity index (χ0n) is 8.59. The molecule has 2 aromatic heterocycles. The lowest BCUT2D eigenvalue weighted by atomic mass is 10.2. The molecule has 0 aliphatic heterocycles. The molecular weight excluding hydrogens is 200 g/mol. The maximum absolute atomic E-state index is 8.88. The van der Waals surface area contributed by atoms with Crippen LogP contribution in [0.3, 0.4) is 0 Å². The molecule has 0 aliphatic carbocycles. The van der Waals surface area contributed by atoms with Crippen molar-refractivity contribution in [1.29, 1.82) is 5.26 Å². The Bertz CT molecular complexity index is 502. The summed E-state index contributed by atoms with van der Waals surface area (Å²) >= 11 is 0. The zero-order chi connectivity index (χ0) is 11.2. The number of aromatic nitrogens is 2. The summed E-state index contributed by atoms with van der Waals surface area (Å²) in [5.74, 6) is 0. The minimum absolute atomic E-state index is 0.585. The van der Waals surface area contributed by atoms with Gasteiger partial charge in [0, 0.05) is 12.4 Å². The van der Waals surface area contributed by atoms with Gasteiger partial charge in [0.15, 0.2) is 0 Å². The normalized spacial score (nSPS) is 9.44. The quantitative estimate of drug-likeness (QED) is 0.841. The molecule has 1 N–H and O–H groups in total. The second kappa shape index (κ2) is 4.89. The minimum Gasteiger partial charge on any atom is -0.377 e. The predicted molar refractivity (Wildman–Crippen MR) is 60.5 cm³/mol. The number of hydrogen-bond donors (Lipinski definition) is 1. The first-order chi connectivity index (χ1) is 7.90. The van der Waals surface area contributed by atoms with Crippen molar-refractivity contribution >= 4 is 5.69 Å². The van der Waals surface area contributed by atoms with Gasteiger partial charge in [-0.1, -0.05) is 6.07 Å². The van der Waals surface area contributed by atoms with E-state index >= 15 is 0 Å². The van der Waals surface area contributed by atoms with Gasteiger partial charge in [0.05, 0.1) is 29.7 Å². The Morgan fingerprint density at radius 3 is 2.94 bits per heavy atom. The highest BCUT2D eigenvalue weighted by molar-refractivity contribution is 5.55. The van der Waals surface area contributed by atoms with Crippen molar-refractivity contribution < 1.29 is 0 Å². The minimum atomic E-state index is 0.585. The molecule has 16 heavy (non-hydrogen) atoms. The first-order valence-corrected chi connectivity index (χ1v) is 4.88. The summed E-state index contributed by atoms with van der Waals surface area (Å²) in [5, 5.41) is 12.0. The Morgan fingerprint density at radius 2 is 2.19 bits per heavy atom. The van der Waals surface area contributed by atoms with E-state index in [-0.39, 0.29) is 0 Å². The van der Waals surface area contributed by atoms with Crippen molar-refractivity contribution in [1.82, 2.24) is 9.97 Å². The molecule has 0 bridgehead atoms. The van der Waals surface area contributed by atoms with Gasteiger partial charge in [0.1, 0.15) is 6.07 Å². The fourth-order valence-corrected chi connectivity index (χ4v) is 1.32. The smallest absolute Gasteiger partial charge is 0.101 e. The van der Waals surface area contributed by atoms with Crippen molar-refractivity contribution in [3.05, 3.63) is 54.1 Å². The van der Waals surface area contributed by atoms with Crippen LogP contribution in [0.4, 0.5) is 5.69 Å². The summed E-state index contributed by atoms with van der Waals surface area (Å²) in [4.78, 5) is 8.16. The van der Waals surface area contributed by atoms with Crippen molar-refractivity contribution in [2.75, 3.05) is 5.32 Å². The van der Waals surface area contributed by atoms with Crippen LogP contribution in [0, 0.1) is 11.3 Å². The first-order valence-electron chi connectivity index (χ1n) is 4.88. The molecule has 0 atom stereocenters. The van der Waals surface area contributed by atoms with Crippen molar-refractivity contribution in [2.24, 2.45) is 0 Å². The van der Waals surface area contributed by atoms with E-state index in [9.17, 15) is 0 Å². The van der Waals surface area contributed by atoms with Crippen LogP contribution in [0.1, 0.15) is 11.3 Å². The standard InChI is InChI=1S/C12H10N4/c13-7-10-4-6-14-9-12(10)16-8-11-3-1-2-5-15-11/h1-6,9,16H,8H2. The topological polar surface area (TPSA) is 61.6 Å². The second-order valence-corrected chi connectivity index (χ2v) is 3.21. The van der Waals surface area contributed by atoms with Gasteiger partial charge in [0.25, 0.3) is 0 Å². The third-order valence-corrected chi connectivity index (χ3v) is 2.13. The number of anilines is 1. The van der Waals surface area contributed by atoms with Crippen LogP contribution >= 0.6 is 0 Å². The van der Waals surface area contributed by atoms with E-state index in [1.165, 1.54) is 0 Å². The van der Waals surface area contributed by atoms with Crippen LogP contribution in [-0.4, -0.2) is 9.97 Å². The molecule has 0 aliphatic rings. The molecule has 0 saturated heterocycles. The number of rotatable bonds is 3. The average Bonchev–Trinajstić information content (AvgIpc) is 2.38. The van der Waals surface area contributed by atoms with Crippen LogP contribution in [0.2, 0.25) is 0 Å². The number of nitrogens with one attached hydrogen (secondary N) is 1. The summed E-state index contributed by atoms with van der Waals surface area (Å²) in [6.07, 6.45) is 4.98. The molecule has 2 heterocycles. The van der Waals surface area contributed by atoms with Gasteiger partial charge < -0.3 is 5.32 Å². The molecule has 2 rings (SSSR count). The predicted octanol–water partition coefficient (Wildman–Crippen LogP) is 1.96. The molecule has 0 amide bonds. The van der Waals surface area contributed by atoms with Crippen molar-refractivity contribution in [3.63, 3.8) is 0 Å². The Morgan fingerprint density at radius 1 is 1.25 bits per heavy atom. The fraction of sp³-hybridized carbons (Fsp3) is 0.0833. The number of hydrogen-bond acceptors (Lipinski definition) is 4. The molecule has 4 heteroatoms. The number of pyridine rings is 2. The van der Waals surface area contributed by atoms with E-state index in [0.717, 1.165) is 11.4 Å². The summed E-state index contributed by atoms with van der Waals surface area (Å²) in [6, 6.07) is 9.51. The Labute approximate surface area is 93.6 Å². The molecular formula is C12H10N4. The Balaban J connectivity index is 2.09. The van der Waals surface area contributed by atoms with Crippen molar-refractivity contribution in [2.45, 2.75) is 6.54 Å². The van der Waals surface area contributed by atoms with Gasteiger partial charge >= 0.3 is 0 Å². The highest BCUT2D eigenvalue weighted by Crippen LogP contribution is 2.12. The van der Waals surface area contributed by atoms with Gasteiger partial charge in [-0.15, -0.1) is 0 Å². The van der Waals surface area contributed by atoms with E-state index in [2.05, 4.69) is 21.4 Å². The summed E-state index contributed by atoms with van der Waals surface area (Å²) < 4.78 is 0.